The van der Waals surface area contributed by atoms with Gasteiger partial charge in [-0.05, 0) is 35.9 Å². The summed E-state index contributed by atoms with van der Waals surface area (Å²) >= 11 is 0. The Labute approximate surface area is 211 Å². The first-order valence-corrected chi connectivity index (χ1v) is 11.6. The first kappa shape index (κ1) is 26.1. The van der Waals surface area contributed by atoms with Crippen LogP contribution in [0, 0.1) is 0 Å². The number of carbonyl (C=O) groups is 2. The predicted molar refractivity (Wildman–Crippen MR) is 129 cm³/mol. The minimum absolute atomic E-state index is 0.0639. The SMILES string of the molecule is COc1ccc(CNC(=O)C2=NOC3(CCN(C(=O)Nc4cccc(C(F)(F)F)c4)CC3)C2)cc1OC. The van der Waals surface area contributed by atoms with Gasteiger partial charge in [0.2, 0.25) is 0 Å². The Morgan fingerprint density at radius 2 is 1.81 bits per heavy atom. The van der Waals surface area contributed by atoms with E-state index >= 15 is 0 Å². The summed E-state index contributed by atoms with van der Waals surface area (Å²) < 4.78 is 49.3. The van der Waals surface area contributed by atoms with Gasteiger partial charge in [-0.2, -0.15) is 13.2 Å². The zero-order chi connectivity index (χ0) is 26.6. The molecule has 0 saturated carbocycles. The molecule has 0 radical (unpaired) electrons. The first-order valence-electron chi connectivity index (χ1n) is 11.6. The van der Waals surface area contributed by atoms with E-state index in [1.165, 1.54) is 24.1 Å². The van der Waals surface area contributed by atoms with Crippen LogP contribution in [0.15, 0.2) is 47.6 Å². The van der Waals surface area contributed by atoms with Crippen molar-refractivity contribution in [2.75, 3.05) is 32.6 Å². The van der Waals surface area contributed by atoms with Gasteiger partial charge in [-0.1, -0.05) is 17.3 Å². The van der Waals surface area contributed by atoms with Crippen LogP contribution in [-0.2, 0) is 22.4 Å². The van der Waals surface area contributed by atoms with Crippen LogP contribution in [0.1, 0.15) is 30.4 Å². The number of amides is 3. The summed E-state index contributed by atoms with van der Waals surface area (Å²) in [6.07, 6.45) is -3.34. The predicted octanol–water partition coefficient (Wildman–Crippen LogP) is 4.18. The van der Waals surface area contributed by atoms with E-state index in [0.717, 1.165) is 17.7 Å². The van der Waals surface area contributed by atoms with Crippen molar-refractivity contribution >= 4 is 23.3 Å². The molecule has 3 amide bonds. The summed E-state index contributed by atoms with van der Waals surface area (Å²) in [4.78, 5) is 32.4. The molecule has 1 spiro atoms. The molecule has 2 aromatic rings. The molecule has 2 heterocycles. The number of nitrogens with zero attached hydrogens (tertiary/aromatic N) is 2. The summed E-state index contributed by atoms with van der Waals surface area (Å²) in [6.45, 7) is 0.871. The Kier molecular flexibility index (Phi) is 7.46. The molecule has 0 bridgehead atoms. The lowest BCUT2D eigenvalue weighted by Crippen LogP contribution is -2.48. The zero-order valence-corrected chi connectivity index (χ0v) is 20.4. The Bertz CT molecular complexity index is 1190. The van der Waals surface area contributed by atoms with E-state index in [4.69, 9.17) is 14.3 Å². The second kappa shape index (κ2) is 10.6. The minimum atomic E-state index is -4.50. The number of alkyl halides is 3. The molecule has 37 heavy (non-hydrogen) atoms. The van der Waals surface area contributed by atoms with Gasteiger partial charge in [0.05, 0.1) is 19.8 Å². The van der Waals surface area contributed by atoms with Gasteiger partial charge in [0.25, 0.3) is 5.91 Å². The van der Waals surface area contributed by atoms with Gasteiger partial charge in [-0.15, -0.1) is 0 Å². The molecular weight excluding hydrogens is 493 g/mol. The Morgan fingerprint density at radius 3 is 2.49 bits per heavy atom. The first-order chi connectivity index (χ1) is 17.6. The number of benzene rings is 2. The molecule has 9 nitrogen and oxygen atoms in total. The Hall–Kier alpha value is -3.96. The van der Waals surface area contributed by atoms with Crippen LogP contribution in [0.4, 0.5) is 23.7 Å². The van der Waals surface area contributed by atoms with Crippen molar-refractivity contribution in [1.29, 1.82) is 0 Å². The number of oxime groups is 1. The fourth-order valence-electron chi connectivity index (χ4n) is 4.28. The third kappa shape index (κ3) is 6.07. The van der Waals surface area contributed by atoms with Crippen molar-refractivity contribution < 1.29 is 37.1 Å². The molecule has 4 rings (SSSR count). The summed E-state index contributed by atoms with van der Waals surface area (Å²) in [5, 5.41) is 9.33. The molecule has 0 aromatic heterocycles. The number of nitrogens with one attached hydrogen (secondary N) is 2. The summed E-state index contributed by atoms with van der Waals surface area (Å²) in [6, 6.07) is 9.32. The molecule has 12 heteroatoms. The third-order valence-electron chi connectivity index (χ3n) is 6.41. The number of carbonyl (C=O) groups excluding carboxylic acids is 2. The summed E-state index contributed by atoms with van der Waals surface area (Å²) in [7, 11) is 3.07. The van der Waals surface area contributed by atoms with Crippen LogP contribution in [-0.4, -0.2) is 55.5 Å². The van der Waals surface area contributed by atoms with Gasteiger partial charge in [-0.3, -0.25) is 4.79 Å². The van der Waals surface area contributed by atoms with Crippen molar-refractivity contribution in [3.8, 4) is 11.5 Å². The standard InChI is InChI=1S/C25H27F3N4O5/c1-35-20-7-6-16(12-21(20)36-2)15-29-22(33)19-14-24(37-31-19)8-10-32(11-9-24)23(34)30-18-5-3-4-17(13-18)25(26,27)28/h3-7,12-13H,8-11,14-15H2,1-2H3,(H,29,33)(H,30,34). The number of likely N-dealkylation sites (tertiary alicyclic amines) is 1. The number of halogens is 3. The maximum atomic E-state index is 12.9. The number of ether oxygens (including phenoxy) is 2. The number of hydrogen-bond acceptors (Lipinski definition) is 6. The van der Waals surface area contributed by atoms with Crippen molar-refractivity contribution in [2.24, 2.45) is 5.16 Å². The van der Waals surface area contributed by atoms with Crippen LogP contribution in [0.3, 0.4) is 0 Å². The second-order valence-corrected chi connectivity index (χ2v) is 8.86. The van der Waals surface area contributed by atoms with Gasteiger partial charge in [0, 0.05) is 44.6 Å². The lowest BCUT2D eigenvalue weighted by molar-refractivity contribution is -0.137. The van der Waals surface area contributed by atoms with Gasteiger partial charge < -0.3 is 29.8 Å². The normalized spacial score (nSPS) is 16.6. The van der Waals surface area contributed by atoms with Gasteiger partial charge >= 0.3 is 12.2 Å². The average molecular weight is 521 g/mol. The molecule has 2 N–H and O–H groups in total. The molecule has 0 unspecified atom stereocenters. The highest BCUT2D eigenvalue weighted by molar-refractivity contribution is 6.39. The van der Waals surface area contributed by atoms with Crippen molar-refractivity contribution in [3.63, 3.8) is 0 Å². The summed E-state index contributed by atoms with van der Waals surface area (Å²) in [5.41, 5.74) is -0.379. The molecule has 1 saturated heterocycles. The van der Waals surface area contributed by atoms with E-state index in [1.807, 2.05) is 6.07 Å². The van der Waals surface area contributed by atoms with E-state index in [2.05, 4.69) is 15.8 Å². The molecule has 2 aliphatic heterocycles. The molecule has 0 aliphatic carbocycles. The highest BCUT2D eigenvalue weighted by Crippen LogP contribution is 2.35. The van der Waals surface area contributed by atoms with Gasteiger partial charge in [-0.25, -0.2) is 4.79 Å². The van der Waals surface area contributed by atoms with Crippen molar-refractivity contribution in [1.82, 2.24) is 10.2 Å². The number of urea groups is 1. The lowest BCUT2D eigenvalue weighted by Gasteiger charge is -2.37. The molecule has 198 valence electrons. The Morgan fingerprint density at radius 1 is 1.08 bits per heavy atom. The third-order valence-corrected chi connectivity index (χ3v) is 6.41. The number of piperidine rings is 1. The minimum Gasteiger partial charge on any atom is -0.493 e. The highest BCUT2D eigenvalue weighted by atomic mass is 19.4. The van der Waals surface area contributed by atoms with E-state index in [0.29, 0.717) is 43.9 Å². The van der Waals surface area contributed by atoms with Crippen molar-refractivity contribution in [2.45, 2.75) is 37.6 Å². The van der Waals surface area contributed by atoms with Gasteiger partial charge in [0.15, 0.2) is 11.5 Å². The second-order valence-electron chi connectivity index (χ2n) is 8.86. The smallest absolute Gasteiger partial charge is 0.416 e. The van der Waals surface area contributed by atoms with Crippen LogP contribution >= 0.6 is 0 Å². The topological polar surface area (TPSA) is 101 Å². The quantitative estimate of drug-likeness (QED) is 0.595. The maximum Gasteiger partial charge on any atom is 0.416 e. The van der Waals surface area contributed by atoms with Crippen molar-refractivity contribution in [3.05, 3.63) is 53.6 Å². The zero-order valence-electron chi connectivity index (χ0n) is 20.4. The fraction of sp³-hybridized carbons (Fsp3) is 0.400. The molecule has 2 aromatic carbocycles. The maximum absolute atomic E-state index is 12.9. The number of rotatable bonds is 6. The van der Waals surface area contributed by atoms with Crippen LogP contribution < -0.4 is 20.1 Å². The largest absolute Gasteiger partial charge is 0.493 e. The Balaban J connectivity index is 1.26. The number of methoxy groups -OCH3 is 2. The number of anilines is 1. The van der Waals surface area contributed by atoms with E-state index < -0.39 is 23.4 Å². The number of hydrogen-bond donors (Lipinski definition) is 2. The van der Waals surface area contributed by atoms with Crippen LogP contribution in [0.5, 0.6) is 11.5 Å². The van der Waals surface area contributed by atoms with Gasteiger partial charge in [0.1, 0.15) is 11.3 Å². The monoisotopic (exact) mass is 520 g/mol. The summed E-state index contributed by atoms with van der Waals surface area (Å²) in [5.74, 6) is 0.790. The average Bonchev–Trinajstić information content (AvgIpc) is 3.30. The fourth-order valence-corrected chi connectivity index (χ4v) is 4.28. The van der Waals surface area contributed by atoms with Crippen LogP contribution in [0.2, 0.25) is 0 Å². The highest BCUT2D eigenvalue weighted by Gasteiger charge is 2.44. The lowest BCUT2D eigenvalue weighted by atomic mass is 9.87. The molecule has 2 aliphatic rings. The van der Waals surface area contributed by atoms with E-state index in [1.54, 1.807) is 19.2 Å². The van der Waals surface area contributed by atoms with Crippen LogP contribution in [0.25, 0.3) is 0 Å². The molecular formula is C25H27F3N4O5. The molecule has 1 fully saturated rings. The van der Waals surface area contributed by atoms with E-state index in [9.17, 15) is 22.8 Å². The van der Waals surface area contributed by atoms with E-state index in [-0.39, 0.29) is 23.9 Å². The molecule has 0 atom stereocenters.